The number of hydrogen-bond acceptors (Lipinski definition) is 6. The predicted molar refractivity (Wildman–Crippen MR) is 95.9 cm³/mol. The Morgan fingerprint density at radius 3 is 2.48 bits per heavy atom. The van der Waals surface area contributed by atoms with Crippen LogP contribution in [-0.2, 0) is 16.1 Å². The molecule has 2 N–H and O–H groups in total. The number of carbonyl (C=O) groups is 2. The zero-order valence-corrected chi connectivity index (χ0v) is 14.8. The molecule has 0 unspecified atom stereocenters. The Balaban J connectivity index is 1.35. The van der Waals surface area contributed by atoms with E-state index in [-0.39, 0.29) is 31.8 Å². The summed E-state index contributed by atoms with van der Waals surface area (Å²) < 4.78 is 20.9. The lowest BCUT2D eigenvalue weighted by atomic mass is 10.2. The lowest BCUT2D eigenvalue weighted by Crippen LogP contribution is -2.38. The summed E-state index contributed by atoms with van der Waals surface area (Å²) in [6, 6.07) is 12.3. The van der Waals surface area contributed by atoms with Crippen LogP contribution in [0.5, 0.6) is 23.0 Å². The number of nitrogens with one attached hydrogen (secondary N) is 2. The van der Waals surface area contributed by atoms with Crippen molar-refractivity contribution in [1.82, 2.24) is 10.6 Å². The first-order chi connectivity index (χ1) is 13.1. The Bertz CT molecular complexity index is 806. The summed E-state index contributed by atoms with van der Waals surface area (Å²) in [7, 11) is 1.57. The lowest BCUT2D eigenvalue weighted by Gasteiger charge is -2.09. The van der Waals surface area contributed by atoms with Crippen LogP contribution in [0, 0.1) is 0 Å². The van der Waals surface area contributed by atoms with Crippen LogP contribution >= 0.6 is 0 Å². The molecule has 27 heavy (non-hydrogen) atoms. The van der Waals surface area contributed by atoms with Gasteiger partial charge in [-0.05, 0) is 42.0 Å². The van der Waals surface area contributed by atoms with Crippen molar-refractivity contribution >= 4 is 11.8 Å². The topological polar surface area (TPSA) is 95.1 Å². The van der Waals surface area contributed by atoms with Gasteiger partial charge in [-0.2, -0.15) is 0 Å². The van der Waals surface area contributed by atoms with E-state index in [1.165, 1.54) is 0 Å². The molecule has 0 aromatic heterocycles. The molecule has 2 aromatic carbocycles. The molecule has 2 amide bonds. The third-order valence-electron chi connectivity index (χ3n) is 3.80. The van der Waals surface area contributed by atoms with E-state index in [1.54, 1.807) is 37.4 Å². The predicted octanol–water partition coefficient (Wildman–Crippen LogP) is 1.24. The third kappa shape index (κ3) is 5.27. The van der Waals surface area contributed by atoms with Gasteiger partial charge in [-0.3, -0.25) is 9.59 Å². The molecule has 0 bridgehead atoms. The normalized spacial score (nSPS) is 11.6. The summed E-state index contributed by atoms with van der Waals surface area (Å²) in [5.74, 6) is 1.90. The third-order valence-corrected chi connectivity index (χ3v) is 3.80. The highest BCUT2D eigenvalue weighted by atomic mass is 16.7. The summed E-state index contributed by atoms with van der Waals surface area (Å²) in [5.41, 5.74) is 0.877. The average molecular weight is 372 g/mol. The van der Waals surface area contributed by atoms with Gasteiger partial charge in [0.15, 0.2) is 18.1 Å². The Morgan fingerprint density at radius 1 is 0.963 bits per heavy atom. The van der Waals surface area contributed by atoms with Crippen LogP contribution in [0.3, 0.4) is 0 Å². The van der Waals surface area contributed by atoms with Gasteiger partial charge in [0.1, 0.15) is 11.5 Å². The molecular formula is C19H20N2O6. The molecule has 3 rings (SSSR count). The van der Waals surface area contributed by atoms with E-state index in [1.807, 2.05) is 12.1 Å². The van der Waals surface area contributed by atoms with Crippen molar-refractivity contribution in [3.8, 4) is 23.0 Å². The van der Waals surface area contributed by atoms with E-state index in [0.717, 1.165) is 5.56 Å². The number of rotatable bonds is 8. The highest BCUT2D eigenvalue weighted by Crippen LogP contribution is 2.32. The van der Waals surface area contributed by atoms with E-state index in [0.29, 0.717) is 29.5 Å². The van der Waals surface area contributed by atoms with Crippen LogP contribution in [0.2, 0.25) is 0 Å². The molecule has 1 aliphatic heterocycles. The van der Waals surface area contributed by atoms with Gasteiger partial charge in [0, 0.05) is 6.54 Å². The minimum absolute atomic E-state index is 0.130. The Hall–Kier alpha value is -3.42. The lowest BCUT2D eigenvalue weighted by molar-refractivity contribution is -0.127. The molecule has 8 nitrogen and oxygen atoms in total. The monoisotopic (exact) mass is 372 g/mol. The fourth-order valence-electron chi connectivity index (χ4n) is 2.36. The molecule has 1 aliphatic rings. The van der Waals surface area contributed by atoms with Gasteiger partial charge in [0.25, 0.3) is 5.91 Å². The van der Waals surface area contributed by atoms with Crippen molar-refractivity contribution in [2.45, 2.75) is 6.54 Å². The molecule has 0 radical (unpaired) electrons. The van der Waals surface area contributed by atoms with Gasteiger partial charge in [-0.25, -0.2) is 0 Å². The maximum absolute atomic E-state index is 11.9. The molecule has 142 valence electrons. The fraction of sp³-hybridized carbons (Fsp3) is 0.263. The Labute approximate surface area is 156 Å². The van der Waals surface area contributed by atoms with Crippen molar-refractivity contribution < 1.29 is 28.5 Å². The molecule has 2 aromatic rings. The number of methoxy groups -OCH3 is 1. The van der Waals surface area contributed by atoms with Crippen molar-refractivity contribution in [3.05, 3.63) is 48.0 Å². The maximum Gasteiger partial charge on any atom is 0.258 e. The first-order valence-electron chi connectivity index (χ1n) is 8.33. The van der Waals surface area contributed by atoms with E-state index in [2.05, 4.69) is 10.6 Å². The standard InChI is InChI=1S/C19H20N2O6/c1-24-14-3-5-15(6-4-14)25-11-19(23)21-10-18(22)20-9-13-2-7-16-17(8-13)27-12-26-16/h2-8H,9-12H2,1H3,(H,20,22)(H,21,23). The molecule has 0 saturated heterocycles. The van der Waals surface area contributed by atoms with Crippen molar-refractivity contribution in [1.29, 1.82) is 0 Å². The van der Waals surface area contributed by atoms with Crippen LogP contribution in [0.4, 0.5) is 0 Å². The Kier molecular flexibility index (Phi) is 5.98. The highest BCUT2D eigenvalue weighted by molar-refractivity contribution is 5.85. The van der Waals surface area contributed by atoms with Gasteiger partial charge >= 0.3 is 0 Å². The van der Waals surface area contributed by atoms with Gasteiger partial charge < -0.3 is 29.6 Å². The molecule has 0 atom stereocenters. The van der Waals surface area contributed by atoms with Gasteiger partial charge in [-0.15, -0.1) is 0 Å². The number of hydrogen-bond donors (Lipinski definition) is 2. The van der Waals surface area contributed by atoms with E-state index in [9.17, 15) is 9.59 Å². The van der Waals surface area contributed by atoms with Crippen LogP contribution in [-0.4, -0.2) is 38.9 Å². The quantitative estimate of drug-likeness (QED) is 0.724. The molecule has 0 aliphatic carbocycles. The summed E-state index contributed by atoms with van der Waals surface area (Å²) in [6.45, 7) is 0.223. The first kappa shape index (κ1) is 18.4. The summed E-state index contributed by atoms with van der Waals surface area (Å²) in [6.07, 6.45) is 0. The maximum atomic E-state index is 11.9. The average Bonchev–Trinajstić information content (AvgIpc) is 3.17. The zero-order valence-electron chi connectivity index (χ0n) is 14.8. The molecule has 0 spiro atoms. The summed E-state index contributed by atoms with van der Waals surface area (Å²) in [5, 5.41) is 5.24. The SMILES string of the molecule is COc1ccc(OCC(=O)NCC(=O)NCc2ccc3c(c2)OCO3)cc1. The number of benzene rings is 2. The fourth-order valence-corrected chi connectivity index (χ4v) is 2.36. The van der Waals surface area contributed by atoms with Crippen molar-refractivity contribution in [2.24, 2.45) is 0 Å². The number of carbonyl (C=O) groups excluding carboxylic acids is 2. The zero-order chi connectivity index (χ0) is 19.1. The van der Waals surface area contributed by atoms with E-state index in [4.69, 9.17) is 18.9 Å². The highest BCUT2D eigenvalue weighted by Gasteiger charge is 2.13. The largest absolute Gasteiger partial charge is 0.497 e. The number of ether oxygens (including phenoxy) is 4. The van der Waals surface area contributed by atoms with Gasteiger partial charge in [0.05, 0.1) is 13.7 Å². The second-order valence-corrected chi connectivity index (χ2v) is 5.71. The second-order valence-electron chi connectivity index (χ2n) is 5.71. The minimum atomic E-state index is -0.385. The molecule has 0 saturated carbocycles. The van der Waals surface area contributed by atoms with Crippen molar-refractivity contribution in [2.75, 3.05) is 27.1 Å². The minimum Gasteiger partial charge on any atom is -0.497 e. The van der Waals surface area contributed by atoms with E-state index < -0.39 is 0 Å². The Morgan fingerprint density at radius 2 is 1.70 bits per heavy atom. The summed E-state index contributed by atoms with van der Waals surface area (Å²) >= 11 is 0. The van der Waals surface area contributed by atoms with Crippen LogP contribution in [0.15, 0.2) is 42.5 Å². The van der Waals surface area contributed by atoms with Gasteiger partial charge in [-0.1, -0.05) is 6.07 Å². The van der Waals surface area contributed by atoms with Crippen LogP contribution < -0.4 is 29.6 Å². The number of fused-ring (bicyclic) bond motifs is 1. The molecule has 1 heterocycles. The van der Waals surface area contributed by atoms with E-state index >= 15 is 0 Å². The molecule has 8 heteroatoms. The smallest absolute Gasteiger partial charge is 0.258 e. The van der Waals surface area contributed by atoms with Crippen LogP contribution in [0.1, 0.15) is 5.56 Å². The van der Waals surface area contributed by atoms with Crippen molar-refractivity contribution in [3.63, 3.8) is 0 Å². The molecular weight excluding hydrogens is 352 g/mol. The van der Waals surface area contributed by atoms with Gasteiger partial charge in [0.2, 0.25) is 12.7 Å². The molecule has 0 fully saturated rings. The second kappa shape index (κ2) is 8.79. The summed E-state index contributed by atoms with van der Waals surface area (Å²) in [4.78, 5) is 23.6. The van der Waals surface area contributed by atoms with Crippen LogP contribution in [0.25, 0.3) is 0 Å². The first-order valence-corrected chi connectivity index (χ1v) is 8.33. The number of amides is 2.